The predicted octanol–water partition coefficient (Wildman–Crippen LogP) is 2.92. The van der Waals surface area contributed by atoms with Crippen LogP contribution in [0.4, 0.5) is 0 Å². The topological polar surface area (TPSA) is 17.8 Å². The summed E-state index contributed by atoms with van der Waals surface area (Å²) >= 11 is 5.83. The number of hydrogen-bond acceptors (Lipinski definition) is 1. The van der Waals surface area contributed by atoms with Crippen LogP contribution in [0.25, 0.3) is 5.69 Å². The minimum absolute atomic E-state index is 0.482. The van der Waals surface area contributed by atoms with Crippen molar-refractivity contribution < 1.29 is 0 Å². The fourth-order valence-electron chi connectivity index (χ4n) is 1.52. The minimum atomic E-state index is 0.482. The fourth-order valence-corrected chi connectivity index (χ4v) is 1.70. The molecule has 2 rings (SSSR count). The molecule has 0 unspecified atom stereocenters. The number of aromatic nitrogens is 2. The summed E-state index contributed by atoms with van der Waals surface area (Å²) in [5.41, 5.74) is 2.13. The van der Waals surface area contributed by atoms with E-state index in [2.05, 4.69) is 9.55 Å². The smallest absolute Gasteiger partial charge is 0.110 e. The number of alkyl halides is 1. The van der Waals surface area contributed by atoms with Crippen LogP contribution in [0.5, 0.6) is 0 Å². The summed E-state index contributed by atoms with van der Waals surface area (Å²) in [4.78, 5) is 4.24. The van der Waals surface area contributed by atoms with Gasteiger partial charge in [-0.1, -0.05) is 18.2 Å². The Morgan fingerprint density at radius 3 is 2.64 bits per heavy atom. The standard InChI is InChI=1S/C11H11ClN2/c1-9-13-8-11(7-12)14(9)10-5-3-2-4-6-10/h2-6,8H,7H2,1H3. The second kappa shape index (κ2) is 3.84. The number of aryl methyl sites for hydroxylation is 1. The summed E-state index contributed by atoms with van der Waals surface area (Å²) in [7, 11) is 0. The normalized spacial score (nSPS) is 10.4. The van der Waals surface area contributed by atoms with Crippen LogP contribution in [0.15, 0.2) is 36.5 Å². The van der Waals surface area contributed by atoms with Crippen molar-refractivity contribution >= 4 is 11.6 Å². The molecular formula is C11H11ClN2. The van der Waals surface area contributed by atoms with E-state index >= 15 is 0 Å². The van der Waals surface area contributed by atoms with Gasteiger partial charge in [-0.3, -0.25) is 4.57 Å². The van der Waals surface area contributed by atoms with Crippen molar-refractivity contribution in [3.63, 3.8) is 0 Å². The molecule has 0 bridgehead atoms. The molecule has 0 aliphatic heterocycles. The number of benzene rings is 1. The van der Waals surface area contributed by atoms with Gasteiger partial charge in [-0.15, -0.1) is 11.6 Å². The monoisotopic (exact) mass is 206 g/mol. The second-order valence-electron chi connectivity index (χ2n) is 3.10. The second-order valence-corrected chi connectivity index (χ2v) is 3.37. The highest BCUT2D eigenvalue weighted by Gasteiger charge is 2.06. The van der Waals surface area contributed by atoms with Crippen molar-refractivity contribution in [1.29, 1.82) is 0 Å². The third-order valence-corrected chi connectivity index (χ3v) is 2.44. The van der Waals surface area contributed by atoms with Crippen LogP contribution in [0.3, 0.4) is 0 Å². The Hall–Kier alpha value is -1.28. The molecule has 0 saturated heterocycles. The van der Waals surface area contributed by atoms with Gasteiger partial charge >= 0.3 is 0 Å². The van der Waals surface area contributed by atoms with Gasteiger partial charge in [0.1, 0.15) is 5.82 Å². The highest BCUT2D eigenvalue weighted by Crippen LogP contribution is 2.15. The molecule has 0 amide bonds. The van der Waals surface area contributed by atoms with E-state index in [1.54, 1.807) is 0 Å². The van der Waals surface area contributed by atoms with E-state index < -0.39 is 0 Å². The van der Waals surface area contributed by atoms with Crippen LogP contribution in [-0.4, -0.2) is 9.55 Å². The Labute approximate surface area is 88.2 Å². The maximum Gasteiger partial charge on any atom is 0.110 e. The molecule has 1 heterocycles. The lowest BCUT2D eigenvalue weighted by Gasteiger charge is -2.07. The van der Waals surface area contributed by atoms with E-state index in [1.807, 2.05) is 43.5 Å². The number of halogens is 1. The van der Waals surface area contributed by atoms with E-state index in [0.717, 1.165) is 17.2 Å². The Morgan fingerprint density at radius 1 is 1.29 bits per heavy atom. The van der Waals surface area contributed by atoms with Crippen molar-refractivity contribution in [2.75, 3.05) is 0 Å². The number of nitrogens with zero attached hydrogens (tertiary/aromatic N) is 2. The molecule has 0 aliphatic carbocycles. The van der Waals surface area contributed by atoms with Crippen molar-refractivity contribution in [1.82, 2.24) is 9.55 Å². The summed E-state index contributed by atoms with van der Waals surface area (Å²) in [5.74, 6) is 1.45. The molecule has 0 fully saturated rings. The molecule has 0 N–H and O–H groups in total. The Kier molecular flexibility index (Phi) is 2.55. The average molecular weight is 207 g/mol. The fraction of sp³-hybridized carbons (Fsp3) is 0.182. The first-order valence-corrected chi connectivity index (χ1v) is 5.01. The summed E-state index contributed by atoms with van der Waals surface area (Å²) < 4.78 is 2.06. The summed E-state index contributed by atoms with van der Waals surface area (Å²) in [6, 6.07) is 10.1. The van der Waals surface area contributed by atoms with Gasteiger partial charge < -0.3 is 0 Å². The van der Waals surface area contributed by atoms with Crippen molar-refractivity contribution in [2.24, 2.45) is 0 Å². The van der Waals surface area contributed by atoms with Crippen molar-refractivity contribution in [3.8, 4) is 5.69 Å². The van der Waals surface area contributed by atoms with Crippen LogP contribution >= 0.6 is 11.6 Å². The highest BCUT2D eigenvalue weighted by atomic mass is 35.5. The van der Waals surface area contributed by atoms with Gasteiger partial charge in [0.25, 0.3) is 0 Å². The molecule has 72 valence electrons. The van der Waals surface area contributed by atoms with Crippen LogP contribution in [0.1, 0.15) is 11.5 Å². The molecular weight excluding hydrogens is 196 g/mol. The molecule has 2 aromatic rings. The summed E-state index contributed by atoms with van der Waals surface area (Å²) in [6.07, 6.45) is 1.81. The van der Waals surface area contributed by atoms with E-state index in [4.69, 9.17) is 11.6 Å². The number of hydrogen-bond donors (Lipinski definition) is 0. The van der Waals surface area contributed by atoms with Gasteiger partial charge in [-0.2, -0.15) is 0 Å². The van der Waals surface area contributed by atoms with E-state index in [-0.39, 0.29) is 0 Å². The van der Waals surface area contributed by atoms with Gasteiger partial charge in [0.2, 0.25) is 0 Å². The first-order chi connectivity index (χ1) is 6.83. The highest BCUT2D eigenvalue weighted by molar-refractivity contribution is 6.16. The first-order valence-electron chi connectivity index (χ1n) is 4.47. The first kappa shape index (κ1) is 9.28. The lowest BCUT2D eigenvalue weighted by Crippen LogP contribution is -2.00. The minimum Gasteiger partial charge on any atom is -0.300 e. The van der Waals surface area contributed by atoms with Gasteiger partial charge in [0, 0.05) is 5.69 Å². The Balaban J connectivity index is 2.55. The average Bonchev–Trinajstić information content (AvgIpc) is 2.61. The molecule has 0 saturated carbocycles. The number of rotatable bonds is 2. The van der Waals surface area contributed by atoms with E-state index in [0.29, 0.717) is 5.88 Å². The molecule has 2 nitrogen and oxygen atoms in total. The van der Waals surface area contributed by atoms with Crippen LogP contribution < -0.4 is 0 Å². The van der Waals surface area contributed by atoms with Crippen LogP contribution in [0.2, 0.25) is 0 Å². The molecule has 0 aliphatic rings. The summed E-state index contributed by atoms with van der Waals surface area (Å²) in [5, 5.41) is 0. The third-order valence-electron chi connectivity index (χ3n) is 2.16. The Bertz CT molecular complexity index is 420. The Morgan fingerprint density at radius 2 is 2.00 bits per heavy atom. The van der Waals surface area contributed by atoms with E-state index in [1.165, 1.54) is 0 Å². The number of para-hydroxylation sites is 1. The largest absolute Gasteiger partial charge is 0.300 e. The zero-order chi connectivity index (χ0) is 9.97. The number of imidazole rings is 1. The van der Waals surface area contributed by atoms with E-state index in [9.17, 15) is 0 Å². The van der Waals surface area contributed by atoms with Gasteiger partial charge in [0.05, 0.1) is 17.8 Å². The van der Waals surface area contributed by atoms with Crippen LogP contribution in [-0.2, 0) is 5.88 Å². The SMILES string of the molecule is Cc1ncc(CCl)n1-c1ccccc1. The van der Waals surface area contributed by atoms with Gasteiger partial charge in [-0.05, 0) is 19.1 Å². The quantitative estimate of drug-likeness (QED) is 0.691. The molecule has 0 spiro atoms. The zero-order valence-corrected chi connectivity index (χ0v) is 8.70. The molecule has 1 aromatic heterocycles. The van der Waals surface area contributed by atoms with Crippen LogP contribution in [0, 0.1) is 6.92 Å². The van der Waals surface area contributed by atoms with Crippen molar-refractivity contribution in [2.45, 2.75) is 12.8 Å². The van der Waals surface area contributed by atoms with Crippen molar-refractivity contribution in [3.05, 3.63) is 48.0 Å². The molecule has 0 radical (unpaired) electrons. The molecule has 1 aromatic carbocycles. The zero-order valence-electron chi connectivity index (χ0n) is 7.94. The lowest BCUT2D eigenvalue weighted by molar-refractivity contribution is 0.933. The molecule has 14 heavy (non-hydrogen) atoms. The van der Waals surface area contributed by atoms with Gasteiger partial charge in [0.15, 0.2) is 0 Å². The predicted molar refractivity (Wildman–Crippen MR) is 57.9 cm³/mol. The lowest BCUT2D eigenvalue weighted by atomic mass is 10.3. The third kappa shape index (κ3) is 1.53. The molecule has 0 atom stereocenters. The van der Waals surface area contributed by atoms with Gasteiger partial charge in [-0.25, -0.2) is 4.98 Å². The maximum absolute atomic E-state index is 5.83. The summed E-state index contributed by atoms with van der Waals surface area (Å²) in [6.45, 7) is 1.98. The molecule has 3 heteroatoms. The maximum atomic E-state index is 5.83.